The second kappa shape index (κ2) is 7.13. The van der Waals surface area contributed by atoms with Crippen LogP contribution in [0.2, 0.25) is 0 Å². The van der Waals surface area contributed by atoms with Gasteiger partial charge in [0, 0.05) is 23.2 Å². The second-order valence-corrected chi connectivity index (χ2v) is 4.90. The first-order chi connectivity index (χ1) is 8.99. The van der Waals surface area contributed by atoms with Crippen LogP contribution >= 0.6 is 15.9 Å². The molecule has 0 saturated heterocycles. The highest BCUT2D eigenvalue weighted by atomic mass is 79.9. The molecule has 3 N–H and O–H groups in total. The maximum absolute atomic E-state index is 11.9. The summed E-state index contributed by atoms with van der Waals surface area (Å²) < 4.78 is 0.806. The molecular weight excluding hydrogens is 310 g/mol. The van der Waals surface area contributed by atoms with E-state index in [2.05, 4.69) is 21.2 Å². The summed E-state index contributed by atoms with van der Waals surface area (Å²) >= 11 is 3.27. The third-order valence-corrected chi connectivity index (χ3v) is 3.27. The zero-order valence-corrected chi connectivity index (χ0v) is 12.7. The Labute approximate surface area is 121 Å². The number of hydrogen-bond donors (Lipinski definition) is 2. The van der Waals surface area contributed by atoms with E-state index in [4.69, 9.17) is 5.73 Å². The van der Waals surface area contributed by atoms with Gasteiger partial charge in [0.15, 0.2) is 0 Å². The predicted octanol–water partition coefficient (Wildman–Crippen LogP) is 1.63. The third kappa shape index (κ3) is 4.24. The first kappa shape index (κ1) is 15.5. The van der Waals surface area contributed by atoms with Crippen LogP contribution in [0.15, 0.2) is 22.7 Å². The number of nitrogens with two attached hydrogens (primary N) is 1. The fourth-order valence-electron chi connectivity index (χ4n) is 1.68. The van der Waals surface area contributed by atoms with Gasteiger partial charge in [-0.1, -0.05) is 15.9 Å². The first-order valence-corrected chi connectivity index (χ1v) is 6.89. The lowest BCUT2D eigenvalue weighted by Gasteiger charge is -2.18. The number of carbonyl (C=O) groups is 2. The van der Waals surface area contributed by atoms with Crippen molar-refractivity contribution in [1.82, 2.24) is 10.2 Å². The first-order valence-electron chi connectivity index (χ1n) is 6.10. The van der Waals surface area contributed by atoms with Crippen molar-refractivity contribution >= 4 is 33.4 Å². The van der Waals surface area contributed by atoms with Gasteiger partial charge in [0.2, 0.25) is 5.91 Å². The van der Waals surface area contributed by atoms with Crippen LogP contribution < -0.4 is 11.1 Å². The van der Waals surface area contributed by atoms with E-state index in [1.54, 1.807) is 23.1 Å². The van der Waals surface area contributed by atoms with Crippen molar-refractivity contribution in [2.24, 2.45) is 0 Å². The van der Waals surface area contributed by atoms with E-state index in [0.717, 1.165) is 4.47 Å². The number of rotatable bonds is 5. The van der Waals surface area contributed by atoms with E-state index in [1.165, 1.54) is 0 Å². The summed E-state index contributed by atoms with van der Waals surface area (Å²) in [5.41, 5.74) is 6.50. The highest BCUT2D eigenvalue weighted by molar-refractivity contribution is 9.10. The molecule has 0 saturated carbocycles. The summed E-state index contributed by atoms with van der Waals surface area (Å²) in [7, 11) is 0. The van der Waals surface area contributed by atoms with Gasteiger partial charge in [-0.15, -0.1) is 0 Å². The van der Waals surface area contributed by atoms with E-state index < -0.39 is 0 Å². The Bertz CT molecular complexity index is 473. The van der Waals surface area contributed by atoms with Crippen LogP contribution in [-0.4, -0.2) is 36.3 Å². The van der Waals surface area contributed by atoms with Crippen molar-refractivity contribution in [3.63, 3.8) is 0 Å². The summed E-state index contributed by atoms with van der Waals surface area (Å²) in [6.45, 7) is 5.04. The lowest BCUT2D eigenvalue weighted by atomic mass is 10.1. The molecular formula is C13H18BrN3O2. The Morgan fingerprint density at radius 3 is 2.47 bits per heavy atom. The quantitative estimate of drug-likeness (QED) is 0.807. The van der Waals surface area contributed by atoms with Crippen molar-refractivity contribution in [3.8, 4) is 0 Å². The number of hydrogen-bond acceptors (Lipinski definition) is 3. The molecule has 0 unspecified atom stereocenters. The SMILES string of the molecule is CCN(CC)C(=O)CNC(=O)c1ccc(Br)cc1N. The fourth-order valence-corrected chi connectivity index (χ4v) is 2.06. The maximum Gasteiger partial charge on any atom is 0.253 e. The average Bonchev–Trinajstić information content (AvgIpc) is 2.37. The summed E-state index contributed by atoms with van der Waals surface area (Å²) in [5, 5.41) is 2.58. The molecule has 0 heterocycles. The minimum Gasteiger partial charge on any atom is -0.398 e. The lowest BCUT2D eigenvalue weighted by Crippen LogP contribution is -2.40. The molecule has 0 bridgehead atoms. The van der Waals surface area contributed by atoms with Gasteiger partial charge < -0.3 is 16.0 Å². The van der Waals surface area contributed by atoms with Gasteiger partial charge in [0.05, 0.1) is 12.1 Å². The lowest BCUT2D eigenvalue weighted by molar-refractivity contribution is -0.129. The van der Waals surface area contributed by atoms with Crippen molar-refractivity contribution in [2.45, 2.75) is 13.8 Å². The number of nitrogens with zero attached hydrogens (tertiary/aromatic N) is 1. The van der Waals surface area contributed by atoms with Crippen molar-refractivity contribution in [2.75, 3.05) is 25.4 Å². The topological polar surface area (TPSA) is 75.4 Å². The minimum absolute atomic E-state index is 0.0178. The van der Waals surface area contributed by atoms with Crippen LogP contribution in [0.25, 0.3) is 0 Å². The number of halogens is 1. The van der Waals surface area contributed by atoms with Crippen LogP contribution in [0.4, 0.5) is 5.69 Å². The van der Waals surface area contributed by atoms with E-state index in [0.29, 0.717) is 24.3 Å². The zero-order valence-electron chi connectivity index (χ0n) is 11.1. The predicted molar refractivity (Wildman–Crippen MR) is 78.8 cm³/mol. The van der Waals surface area contributed by atoms with Crippen LogP contribution in [0.1, 0.15) is 24.2 Å². The molecule has 0 atom stereocenters. The van der Waals surface area contributed by atoms with Crippen LogP contribution in [0.3, 0.4) is 0 Å². The van der Waals surface area contributed by atoms with Crippen LogP contribution in [0.5, 0.6) is 0 Å². The Morgan fingerprint density at radius 1 is 1.32 bits per heavy atom. The molecule has 1 aromatic rings. The number of likely N-dealkylation sites (N-methyl/N-ethyl adjacent to an activating group) is 1. The monoisotopic (exact) mass is 327 g/mol. The molecule has 0 aliphatic carbocycles. The molecule has 0 aliphatic heterocycles. The highest BCUT2D eigenvalue weighted by Crippen LogP contribution is 2.18. The summed E-state index contributed by atoms with van der Waals surface area (Å²) in [4.78, 5) is 25.3. The van der Waals surface area contributed by atoms with Crippen LogP contribution in [-0.2, 0) is 4.79 Å². The Morgan fingerprint density at radius 2 is 1.95 bits per heavy atom. The molecule has 104 valence electrons. The second-order valence-electron chi connectivity index (χ2n) is 3.98. The van der Waals surface area contributed by atoms with E-state index in [1.807, 2.05) is 13.8 Å². The number of benzene rings is 1. The molecule has 1 aromatic carbocycles. The normalized spacial score (nSPS) is 10.1. The molecule has 6 heteroatoms. The number of nitrogen functional groups attached to an aromatic ring is 1. The minimum atomic E-state index is -0.342. The van der Waals surface area contributed by atoms with Crippen LogP contribution in [0, 0.1) is 0 Å². The Balaban J connectivity index is 2.63. The van der Waals surface area contributed by atoms with Gasteiger partial charge in [-0.05, 0) is 32.0 Å². The Hall–Kier alpha value is -1.56. The van der Waals surface area contributed by atoms with Gasteiger partial charge in [-0.25, -0.2) is 0 Å². The van der Waals surface area contributed by atoms with E-state index in [-0.39, 0.29) is 18.4 Å². The Kier molecular flexibility index (Phi) is 5.82. The van der Waals surface area contributed by atoms with Gasteiger partial charge in [0.1, 0.15) is 0 Å². The fraction of sp³-hybridized carbons (Fsp3) is 0.385. The number of carbonyl (C=O) groups excluding carboxylic acids is 2. The summed E-state index contributed by atoms with van der Waals surface area (Å²) in [6, 6.07) is 5.01. The molecule has 0 radical (unpaired) electrons. The third-order valence-electron chi connectivity index (χ3n) is 2.77. The largest absolute Gasteiger partial charge is 0.398 e. The van der Waals surface area contributed by atoms with Gasteiger partial charge in [0.25, 0.3) is 5.91 Å². The van der Waals surface area contributed by atoms with Crippen molar-refractivity contribution in [1.29, 1.82) is 0 Å². The van der Waals surface area contributed by atoms with E-state index >= 15 is 0 Å². The summed E-state index contributed by atoms with van der Waals surface area (Å²) in [5.74, 6) is -0.445. The molecule has 0 aromatic heterocycles. The number of nitrogens with one attached hydrogen (secondary N) is 1. The number of amides is 2. The van der Waals surface area contributed by atoms with Crippen molar-refractivity contribution < 1.29 is 9.59 Å². The molecule has 19 heavy (non-hydrogen) atoms. The van der Waals surface area contributed by atoms with Gasteiger partial charge in [-0.3, -0.25) is 9.59 Å². The summed E-state index contributed by atoms with van der Waals surface area (Å²) in [6.07, 6.45) is 0. The van der Waals surface area contributed by atoms with Gasteiger partial charge in [-0.2, -0.15) is 0 Å². The molecule has 2 amide bonds. The van der Waals surface area contributed by atoms with E-state index in [9.17, 15) is 9.59 Å². The molecule has 5 nitrogen and oxygen atoms in total. The smallest absolute Gasteiger partial charge is 0.253 e. The zero-order chi connectivity index (χ0) is 14.4. The molecule has 0 spiro atoms. The van der Waals surface area contributed by atoms with Crippen molar-refractivity contribution in [3.05, 3.63) is 28.2 Å². The molecule has 1 rings (SSSR count). The highest BCUT2D eigenvalue weighted by Gasteiger charge is 2.13. The standard InChI is InChI=1S/C13H18BrN3O2/c1-3-17(4-2)12(18)8-16-13(19)10-6-5-9(14)7-11(10)15/h5-7H,3-4,8,15H2,1-2H3,(H,16,19). The van der Waals surface area contributed by atoms with Gasteiger partial charge >= 0.3 is 0 Å². The maximum atomic E-state index is 11.9. The molecule has 0 fully saturated rings. The average molecular weight is 328 g/mol. The number of anilines is 1. The molecule has 0 aliphatic rings.